The van der Waals surface area contributed by atoms with E-state index in [0.29, 0.717) is 12.6 Å². The Labute approximate surface area is 108 Å². The van der Waals surface area contributed by atoms with Gasteiger partial charge >= 0.3 is 6.03 Å². The van der Waals surface area contributed by atoms with Gasteiger partial charge in [0.05, 0.1) is 6.33 Å². The Bertz CT molecular complexity index is 344. The highest BCUT2D eigenvalue weighted by Crippen LogP contribution is 2.16. The molecular formula is C13H22N4O. The summed E-state index contributed by atoms with van der Waals surface area (Å²) in [5, 5.41) is 5.95. The van der Waals surface area contributed by atoms with E-state index in [4.69, 9.17) is 0 Å². The molecule has 1 aliphatic carbocycles. The molecule has 2 rings (SSSR count). The summed E-state index contributed by atoms with van der Waals surface area (Å²) >= 11 is 0. The maximum atomic E-state index is 11.6. The average molecular weight is 250 g/mol. The standard InChI is InChI=1S/C13H22N4O/c18-13(16-12-5-2-1-3-6-12)15-7-4-9-17-10-8-14-11-17/h8,10-12H,1-7,9H2,(H2,15,16,18). The lowest BCUT2D eigenvalue weighted by atomic mass is 9.96. The van der Waals surface area contributed by atoms with E-state index >= 15 is 0 Å². The minimum atomic E-state index is -0.0208. The summed E-state index contributed by atoms with van der Waals surface area (Å²) in [5.74, 6) is 0. The molecule has 1 aliphatic rings. The van der Waals surface area contributed by atoms with Gasteiger partial charge in [0.25, 0.3) is 0 Å². The highest BCUT2D eigenvalue weighted by Gasteiger charge is 2.14. The van der Waals surface area contributed by atoms with Crippen molar-refractivity contribution in [3.63, 3.8) is 0 Å². The van der Waals surface area contributed by atoms with Crippen molar-refractivity contribution in [2.75, 3.05) is 6.54 Å². The monoisotopic (exact) mass is 250 g/mol. The van der Waals surface area contributed by atoms with Gasteiger partial charge in [-0.05, 0) is 19.3 Å². The molecule has 5 nitrogen and oxygen atoms in total. The van der Waals surface area contributed by atoms with Crippen molar-refractivity contribution in [1.29, 1.82) is 0 Å². The molecule has 5 heteroatoms. The van der Waals surface area contributed by atoms with E-state index in [1.807, 2.05) is 10.8 Å². The molecule has 0 bridgehead atoms. The van der Waals surface area contributed by atoms with Crippen LogP contribution < -0.4 is 10.6 Å². The molecule has 0 aromatic carbocycles. The van der Waals surface area contributed by atoms with Crippen molar-refractivity contribution >= 4 is 6.03 Å². The van der Waals surface area contributed by atoms with Crippen molar-refractivity contribution in [3.05, 3.63) is 18.7 Å². The third kappa shape index (κ3) is 4.39. The lowest BCUT2D eigenvalue weighted by Gasteiger charge is -2.22. The van der Waals surface area contributed by atoms with E-state index in [1.165, 1.54) is 19.3 Å². The van der Waals surface area contributed by atoms with Crippen LogP contribution in [0.25, 0.3) is 0 Å². The molecule has 1 aromatic rings. The quantitative estimate of drug-likeness (QED) is 0.784. The number of aryl methyl sites for hydroxylation is 1. The number of hydrogen-bond donors (Lipinski definition) is 2. The highest BCUT2D eigenvalue weighted by atomic mass is 16.2. The van der Waals surface area contributed by atoms with Gasteiger partial charge in [-0.1, -0.05) is 19.3 Å². The second kappa shape index (κ2) is 7.03. The Morgan fingerprint density at radius 3 is 2.89 bits per heavy atom. The second-order valence-corrected chi connectivity index (χ2v) is 4.89. The van der Waals surface area contributed by atoms with Crippen LogP contribution in [0.5, 0.6) is 0 Å². The normalized spacial score (nSPS) is 16.4. The Morgan fingerprint density at radius 2 is 2.17 bits per heavy atom. The number of nitrogens with one attached hydrogen (secondary N) is 2. The topological polar surface area (TPSA) is 59.0 Å². The van der Waals surface area contributed by atoms with E-state index in [2.05, 4.69) is 15.6 Å². The van der Waals surface area contributed by atoms with Crippen LogP contribution in [0.2, 0.25) is 0 Å². The molecule has 0 radical (unpaired) electrons. The Balaban J connectivity index is 1.54. The maximum absolute atomic E-state index is 11.6. The van der Waals surface area contributed by atoms with E-state index in [9.17, 15) is 4.79 Å². The summed E-state index contributed by atoms with van der Waals surface area (Å²) in [6.45, 7) is 1.60. The number of nitrogens with zero attached hydrogens (tertiary/aromatic N) is 2. The lowest BCUT2D eigenvalue weighted by molar-refractivity contribution is 0.232. The van der Waals surface area contributed by atoms with Gasteiger partial charge in [0, 0.05) is 31.5 Å². The predicted molar refractivity (Wildman–Crippen MR) is 70.3 cm³/mol. The zero-order valence-electron chi connectivity index (χ0n) is 10.8. The van der Waals surface area contributed by atoms with Crippen LogP contribution >= 0.6 is 0 Å². The predicted octanol–water partition coefficient (Wildman–Crippen LogP) is 1.91. The third-order valence-corrected chi connectivity index (χ3v) is 3.38. The molecule has 1 aromatic heterocycles. The number of imidazole rings is 1. The summed E-state index contributed by atoms with van der Waals surface area (Å²) in [5.41, 5.74) is 0. The van der Waals surface area contributed by atoms with Crippen LogP contribution in [0.4, 0.5) is 4.79 Å². The number of carbonyl (C=O) groups excluding carboxylic acids is 1. The smallest absolute Gasteiger partial charge is 0.315 e. The molecule has 2 amide bonds. The van der Waals surface area contributed by atoms with Crippen LogP contribution in [0.1, 0.15) is 38.5 Å². The third-order valence-electron chi connectivity index (χ3n) is 3.38. The van der Waals surface area contributed by atoms with E-state index in [0.717, 1.165) is 25.8 Å². The molecule has 18 heavy (non-hydrogen) atoms. The average Bonchev–Trinajstić information content (AvgIpc) is 2.89. The van der Waals surface area contributed by atoms with Crippen molar-refractivity contribution in [1.82, 2.24) is 20.2 Å². The highest BCUT2D eigenvalue weighted by molar-refractivity contribution is 5.74. The molecule has 100 valence electrons. The van der Waals surface area contributed by atoms with Gasteiger partial charge in [0.15, 0.2) is 0 Å². The van der Waals surface area contributed by atoms with E-state index in [-0.39, 0.29) is 6.03 Å². The zero-order valence-corrected chi connectivity index (χ0v) is 10.8. The Morgan fingerprint density at radius 1 is 1.33 bits per heavy atom. The Kier molecular flexibility index (Phi) is 5.05. The Hall–Kier alpha value is -1.52. The number of aromatic nitrogens is 2. The van der Waals surface area contributed by atoms with Gasteiger partial charge in [-0.25, -0.2) is 9.78 Å². The fraction of sp³-hybridized carbons (Fsp3) is 0.692. The molecule has 1 heterocycles. The zero-order chi connectivity index (χ0) is 12.6. The number of amides is 2. The first kappa shape index (κ1) is 12.9. The van der Waals surface area contributed by atoms with Crippen LogP contribution in [-0.2, 0) is 6.54 Å². The fourth-order valence-electron chi connectivity index (χ4n) is 2.37. The summed E-state index contributed by atoms with van der Waals surface area (Å²) < 4.78 is 2.01. The van der Waals surface area contributed by atoms with Crippen molar-refractivity contribution < 1.29 is 4.79 Å². The van der Waals surface area contributed by atoms with Gasteiger partial charge in [0.1, 0.15) is 0 Å². The molecule has 1 fully saturated rings. The molecule has 0 atom stereocenters. The van der Waals surface area contributed by atoms with Gasteiger partial charge in [-0.15, -0.1) is 0 Å². The SMILES string of the molecule is O=C(NCCCn1ccnc1)NC1CCCCC1. The fourth-order valence-corrected chi connectivity index (χ4v) is 2.37. The minimum absolute atomic E-state index is 0.0208. The lowest BCUT2D eigenvalue weighted by Crippen LogP contribution is -2.43. The second-order valence-electron chi connectivity index (χ2n) is 4.89. The largest absolute Gasteiger partial charge is 0.338 e. The molecular weight excluding hydrogens is 228 g/mol. The molecule has 1 saturated carbocycles. The van der Waals surface area contributed by atoms with Crippen molar-refractivity contribution in [2.24, 2.45) is 0 Å². The first-order valence-electron chi connectivity index (χ1n) is 6.85. The molecule has 0 unspecified atom stereocenters. The van der Waals surface area contributed by atoms with Gasteiger partial charge in [0.2, 0.25) is 0 Å². The van der Waals surface area contributed by atoms with Gasteiger partial charge in [-0.2, -0.15) is 0 Å². The minimum Gasteiger partial charge on any atom is -0.338 e. The number of urea groups is 1. The molecule has 0 saturated heterocycles. The summed E-state index contributed by atoms with van der Waals surface area (Å²) in [4.78, 5) is 15.6. The van der Waals surface area contributed by atoms with Crippen LogP contribution in [0, 0.1) is 0 Å². The number of carbonyl (C=O) groups is 1. The van der Waals surface area contributed by atoms with Crippen LogP contribution in [-0.4, -0.2) is 28.2 Å². The summed E-state index contributed by atoms with van der Waals surface area (Å²) in [7, 11) is 0. The molecule has 2 N–H and O–H groups in total. The van der Waals surface area contributed by atoms with Gasteiger partial charge in [-0.3, -0.25) is 0 Å². The molecule has 0 spiro atoms. The number of hydrogen-bond acceptors (Lipinski definition) is 2. The van der Waals surface area contributed by atoms with Crippen molar-refractivity contribution in [2.45, 2.75) is 51.1 Å². The molecule has 0 aliphatic heterocycles. The van der Waals surface area contributed by atoms with Crippen molar-refractivity contribution in [3.8, 4) is 0 Å². The van der Waals surface area contributed by atoms with Gasteiger partial charge < -0.3 is 15.2 Å². The van der Waals surface area contributed by atoms with E-state index < -0.39 is 0 Å². The van der Waals surface area contributed by atoms with E-state index in [1.54, 1.807) is 12.5 Å². The van der Waals surface area contributed by atoms with Crippen LogP contribution in [0.15, 0.2) is 18.7 Å². The maximum Gasteiger partial charge on any atom is 0.315 e. The first-order valence-corrected chi connectivity index (χ1v) is 6.85. The number of rotatable bonds is 5. The summed E-state index contributed by atoms with van der Waals surface area (Å²) in [6.07, 6.45) is 12.5. The first-order chi connectivity index (χ1) is 8.84. The van der Waals surface area contributed by atoms with Crippen LogP contribution in [0.3, 0.4) is 0 Å². The summed E-state index contributed by atoms with van der Waals surface area (Å²) in [6, 6.07) is 0.361.